The number of hydrogen-bond donors (Lipinski definition) is 2. The third kappa shape index (κ3) is 4.53. The van der Waals surface area contributed by atoms with E-state index >= 15 is 0 Å². The molecule has 31 heavy (non-hydrogen) atoms. The molecule has 0 saturated carbocycles. The van der Waals surface area contributed by atoms with Crippen LogP contribution in [0.15, 0.2) is 53.0 Å². The fourth-order valence-electron chi connectivity index (χ4n) is 3.38. The van der Waals surface area contributed by atoms with Crippen LogP contribution in [0.1, 0.15) is 34.6 Å². The van der Waals surface area contributed by atoms with Crippen LogP contribution in [0.3, 0.4) is 0 Å². The number of halogens is 6. The summed E-state index contributed by atoms with van der Waals surface area (Å²) >= 11 is 15.3. The summed E-state index contributed by atoms with van der Waals surface area (Å²) in [5, 5.41) is 9.88. The van der Waals surface area contributed by atoms with Crippen LogP contribution < -0.4 is 10.6 Å². The second-order valence-corrected chi connectivity index (χ2v) is 8.66. The van der Waals surface area contributed by atoms with Crippen LogP contribution in [0.5, 0.6) is 0 Å². The molecule has 162 valence electrons. The molecule has 2 aromatic carbocycles. The van der Waals surface area contributed by atoms with Gasteiger partial charge in [-0.2, -0.15) is 18.3 Å². The Kier molecular flexibility index (Phi) is 5.93. The molecular weight excluding hydrogens is 520 g/mol. The number of aromatic nitrogens is 2. The highest BCUT2D eigenvalue weighted by Crippen LogP contribution is 2.43. The summed E-state index contributed by atoms with van der Waals surface area (Å²) in [5.74, 6) is -0.599. The zero-order valence-electron chi connectivity index (χ0n) is 15.6. The van der Waals surface area contributed by atoms with Crippen LogP contribution >= 0.6 is 39.1 Å². The molecule has 3 aromatic rings. The maximum Gasteiger partial charge on any atom is 0.410 e. The molecule has 1 aromatic heterocycles. The van der Waals surface area contributed by atoms with E-state index in [4.69, 9.17) is 23.2 Å². The van der Waals surface area contributed by atoms with Gasteiger partial charge in [0.25, 0.3) is 5.91 Å². The Labute approximate surface area is 193 Å². The van der Waals surface area contributed by atoms with Crippen molar-refractivity contribution in [2.75, 3.05) is 10.6 Å². The van der Waals surface area contributed by atoms with Gasteiger partial charge in [0.1, 0.15) is 5.82 Å². The van der Waals surface area contributed by atoms with Crippen molar-refractivity contribution >= 4 is 56.5 Å². The van der Waals surface area contributed by atoms with Crippen molar-refractivity contribution in [1.82, 2.24) is 9.78 Å². The van der Waals surface area contributed by atoms with E-state index in [2.05, 4.69) is 31.7 Å². The molecule has 0 fully saturated rings. The smallest absolute Gasteiger partial charge is 0.363 e. The second kappa shape index (κ2) is 8.37. The van der Waals surface area contributed by atoms with E-state index in [0.717, 1.165) is 9.15 Å². The molecule has 0 unspecified atom stereocenters. The van der Waals surface area contributed by atoms with Crippen LogP contribution in [0.25, 0.3) is 0 Å². The highest BCUT2D eigenvalue weighted by Gasteiger charge is 2.46. The van der Waals surface area contributed by atoms with Crippen molar-refractivity contribution in [3.63, 3.8) is 0 Å². The van der Waals surface area contributed by atoms with E-state index in [9.17, 15) is 18.0 Å². The topological polar surface area (TPSA) is 59.0 Å². The van der Waals surface area contributed by atoms with Gasteiger partial charge in [-0.05, 0) is 29.8 Å². The molecule has 5 nitrogen and oxygen atoms in total. The molecule has 2 atom stereocenters. The standard InChI is InChI=1S/C20H14BrCl2F3N4O/c21-11-6-4-10(5-7-11)14-8-16(20(24,25)26)30-17(27-14)9-15(29-30)19(31)28-13-3-1-2-12(22)18(13)23/h1-7,9,14,16,27H,8H2,(H,28,31)/t14-,16-/m0/s1. The van der Waals surface area contributed by atoms with Crippen molar-refractivity contribution in [1.29, 1.82) is 0 Å². The van der Waals surface area contributed by atoms with E-state index in [1.807, 2.05) is 0 Å². The lowest BCUT2D eigenvalue weighted by Gasteiger charge is -2.33. The van der Waals surface area contributed by atoms with Crippen molar-refractivity contribution in [2.45, 2.75) is 24.7 Å². The van der Waals surface area contributed by atoms with Gasteiger partial charge in [0.15, 0.2) is 11.7 Å². The van der Waals surface area contributed by atoms with Gasteiger partial charge in [0.2, 0.25) is 0 Å². The maximum atomic E-state index is 13.8. The highest BCUT2D eigenvalue weighted by atomic mass is 79.9. The number of rotatable bonds is 3. The molecule has 11 heteroatoms. The summed E-state index contributed by atoms with van der Waals surface area (Å²) < 4.78 is 43.0. The zero-order chi connectivity index (χ0) is 22.3. The third-order valence-electron chi connectivity index (χ3n) is 4.89. The predicted octanol–water partition coefficient (Wildman–Crippen LogP) is 6.87. The van der Waals surface area contributed by atoms with Crippen molar-refractivity contribution in [3.8, 4) is 0 Å². The van der Waals surface area contributed by atoms with Gasteiger partial charge in [0.05, 0.1) is 21.8 Å². The molecule has 1 amide bonds. The maximum absolute atomic E-state index is 13.8. The van der Waals surface area contributed by atoms with Crippen LogP contribution in [0.4, 0.5) is 24.7 Å². The van der Waals surface area contributed by atoms with Gasteiger partial charge in [-0.15, -0.1) is 0 Å². The summed E-state index contributed by atoms with van der Waals surface area (Å²) in [7, 11) is 0. The number of fused-ring (bicyclic) bond motifs is 1. The van der Waals surface area contributed by atoms with Crippen LogP contribution in [-0.2, 0) is 0 Å². The van der Waals surface area contributed by atoms with Gasteiger partial charge >= 0.3 is 6.18 Å². The zero-order valence-corrected chi connectivity index (χ0v) is 18.6. The molecule has 0 spiro atoms. The Morgan fingerprint density at radius 3 is 2.58 bits per heavy atom. The summed E-state index contributed by atoms with van der Waals surface area (Å²) in [4.78, 5) is 12.6. The first-order valence-electron chi connectivity index (χ1n) is 9.07. The summed E-state index contributed by atoms with van der Waals surface area (Å²) in [6.07, 6.45) is -4.80. The predicted molar refractivity (Wildman–Crippen MR) is 117 cm³/mol. The number of carbonyl (C=O) groups excluding carboxylic acids is 1. The Hall–Kier alpha value is -2.23. The molecule has 0 aliphatic carbocycles. The molecule has 2 N–H and O–H groups in total. The average Bonchev–Trinajstić information content (AvgIpc) is 3.14. The largest absolute Gasteiger partial charge is 0.410 e. The number of alkyl halides is 3. The van der Waals surface area contributed by atoms with E-state index < -0.39 is 24.2 Å². The van der Waals surface area contributed by atoms with E-state index in [1.54, 1.807) is 36.4 Å². The van der Waals surface area contributed by atoms with Gasteiger partial charge in [-0.1, -0.05) is 57.3 Å². The fourth-order valence-corrected chi connectivity index (χ4v) is 4.00. The van der Waals surface area contributed by atoms with Crippen LogP contribution in [-0.4, -0.2) is 21.9 Å². The number of amides is 1. The molecule has 0 bridgehead atoms. The Bertz CT molecular complexity index is 1130. The summed E-state index contributed by atoms with van der Waals surface area (Å²) in [5.41, 5.74) is 0.754. The lowest BCUT2D eigenvalue weighted by atomic mass is 9.97. The molecule has 0 saturated heterocycles. The Morgan fingerprint density at radius 2 is 1.90 bits per heavy atom. The minimum absolute atomic E-state index is 0.101. The SMILES string of the molecule is O=C(Nc1cccc(Cl)c1Cl)c1cc2n(n1)[C@H](C(F)(F)F)C[C@@H](c1ccc(Br)cc1)N2. The third-order valence-corrected chi connectivity index (χ3v) is 6.24. The Balaban J connectivity index is 1.65. The van der Waals surface area contributed by atoms with Gasteiger partial charge < -0.3 is 10.6 Å². The molecule has 1 aliphatic rings. The number of nitrogens with one attached hydrogen (secondary N) is 2. The number of nitrogens with zero attached hydrogens (tertiary/aromatic N) is 2. The first kappa shape index (κ1) is 22.0. The number of hydrogen-bond acceptors (Lipinski definition) is 3. The molecular formula is C20H14BrCl2F3N4O. The Morgan fingerprint density at radius 1 is 1.19 bits per heavy atom. The summed E-state index contributed by atoms with van der Waals surface area (Å²) in [6, 6.07) is 10.5. The normalized spacial score (nSPS) is 18.3. The number of carbonyl (C=O) groups is 1. The molecule has 1 aliphatic heterocycles. The van der Waals surface area contributed by atoms with Crippen LogP contribution in [0.2, 0.25) is 10.0 Å². The highest BCUT2D eigenvalue weighted by molar-refractivity contribution is 9.10. The average molecular weight is 534 g/mol. The second-order valence-electron chi connectivity index (χ2n) is 6.96. The minimum atomic E-state index is -4.54. The molecule has 4 rings (SSSR count). The van der Waals surface area contributed by atoms with Gasteiger partial charge in [-0.3, -0.25) is 4.79 Å². The molecule has 0 radical (unpaired) electrons. The van der Waals surface area contributed by atoms with Gasteiger partial charge in [-0.25, -0.2) is 4.68 Å². The first-order chi connectivity index (χ1) is 14.6. The lowest BCUT2D eigenvalue weighted by molar-refractivity contribution is -0.173. The number of anilines is 2. The lowest BCUT2D eigenvalue weighted by Crippen LogP contribution is -2.35. The van der Waals surface area contributed by atoms with Crippen molar-refractivity contribution < 1.29 is 18.0 Å². The van der Waals surface area contributed by atoms with Crippen molar-refractivity contribution in [2.24, 2.45) is 0 Å². The van der Waals surface area contributed by atoms with Crippen LogP contribution in [0, 0.1) is 0 Å². The first-order valence-corrected chi connectivity index (χ1v) is 10.6. The fraction of sp³-hybridized carbons (Fsp3) is 0.200. The minimum Gasteiger partial charge on any atom is -0.363 e. The van der Waals surface area contributed by atoms with Crippen molar-refractivity contribution in [3.05, 3.63) is 74.3 Å². The quantitative estimate of drug-likeness (QED) is 0.386. The molecule has 2 heterocycles. The number of benzene rings is 2. The van der Waals surface area contributed by atoms with Gasteiger partial charge in [0, 0.05) is 17.0 Å². The van der Waals surface area contributed by atoms with E-state index in [0.29, 0.717) is 5.56 Å². The van der Waals surface area contributed by atoms with E-state index in [1.165, 1.54) is 12.1 Å². The monoisotopic (exact) mass is 532 g/mol. The van der Waals surface area contributed by atoms with E-state index in [-0.39, 0.29) is 33.7 Å². The summed E-state index contributed by atoms with van der Waals surface area (Å²) in [6.45, 7) is 0.